The molecule has 6 nitrogen and oxygen atoms in total. The molecule has 1 aromatic carbocycles. The Morgan fingerprint density at radius 3 is 2.61 bits per heavy atom. The largest absolute Gasteiger partial charge is 0.465 e. The Bertz CT molecular complexity index is 534. The first-order valence-corrected chi connectivity index (χ1v) is 5.00. The van der Waals surface area contributed by atoms with Gasteiger partial charge in [-0.2, -0.15) is 0 Å². The Morgan fingerprint density at radius 2 is 2.11 bits per heavy atom. The van der Waals surface area contributed by atoms with Gasteiger partial charge in [0.2, 0.25) is 0 Å². The fourth-order valence-corrected chi connectivity index (χ4v) is 1.48. The summed E-state index contributed by atoms with van der Waals surface area (Å²) in [5.41, 5.74) is 0.538. The molecule has 0 heterocycles. The van der Waals surface area contributed by atoms with E-state index in [1.165, 1.54) is 38.3 Å². The molecule has 0 aromatic heterocycles. The van der Waals surface area contributed by atoms with Crippen molar-refractivity contribution in [3.63, 3.8) is 0 Å². The summed E-state index contributed by atoms with van der Waals surface area (Å²) in [6.07, 6.45) is 3.12. The predicted molar refractivity (Wildman–Crippen MR) is 64.3 cm³/mol. The molecule has 0 radical (unpaired) electrons. The van der Waals surface area contributed by atoms with Crippen LogP contribution in [0, 0.1) is 17.0 Å². The van der Waals surface area contributed by atoms with Crippen molar-refractivity contribution in [1.29, 1.82) is 0 Å². The molecule has 0 atom stereocenters. The summed E-state index contributed by atoms with van der Waals surface area (Å²) in [7, 11) is 1.20. The van der Waals surface area contributed by atoms with Crippen LogP contribution in [0.25, 0.3) is 6.08 Å². The number of nitro groups is 1. The standard InChI is InChI=1S/C12H11NO5/c1-8-10(12(15)18-2)6-9(4-3-5-14)7-11(8)13(16)17/h3-7H,1-2H3. The number of benzene rings is 1. The van der Waals surface area contributed by atoms with Crippen LogP contribution in [0.15, 0.2) is 18.2 Å². The van der Waals surface area contributed by atoms with Gasteiger partial charge in [0.25, 0.3) is 5.69 Å². The zero-order valence-electron chi connectivity index (χ0n) is 9.88. The van der Waals surface area contributed by atoms with Crippen LogP contribution >= 0.6 is 0 Å². The van der Waals surface area contributed by atoms with E-state index in [1.54, 1.807) is 0 Å². The van der Waals surface area contributed by atoms with E-state index in [9.17, 15) is 19.7 Å². The van der Waals surface area contributed by atoms with E-state index in [2.05, 4.69) is 4.74 Å². The highest BCUT2D eigenvalue weighted by Gasteiger charge is 2.20. The van der Waals surface area contributed by atoms with Crippen LogP contribution in [0.2, 0.25) is 0 Å². The molecule has 0 aliphatic heterocycles. The molecule has 0 saturated carbocycles. The van der Waals surface area contributed by atoms with Crippen LogP contribution in [-0.2, 0) is 9.53 Å². The molecule has 0 aliphatic rings. The quantitative estimate of drug-likeness (QED) is 0.267. The number of hydrogen-bond donors (Lipinski definition) is 0. The molecule has 0 spiro atoms. The summed E-state index contributed by atoms with van der Waals surface area (Å²) < 4.78 is 4.56. The third kappa shape index (κ3) is 2.79. The molecule has 0 bridgehead atoms. The number of esters is 1. The van der Waals surface area contributed by atoms with Crippen molar-refractivity contribution in [1.82, 2.24) is 0 Å². The van der Waals surface area contributed by atoms with Crippen LogP contribution in [-0.4, -0.2) is 24.3 Å². The molecule has 6 heteroatoms. The number of carbonyl (C=O) groups is 2. The lowest BCUT2D eigenvalue weighted by molar-refractivity contribution is -0.385. The number of allylic oxidation sites excluding steroid dienone is 1. The third-order valence-corrected chi connectivity index (χ3v) is 2.37. The molecule has 18 heavy (non-hydrogen) atoms. The Hall–Kier alpha value is -2.50. The Labute approximate surface area is 103 Å². The second kappa shape index (κ2) is 5.72. The van der Waals surface area contributed by atoms with Gasteiger partial charge in [-0.1, -0.05) is 6.08 Å². The zero-order valence-corrected chi connectivity index (χ0v) is 9.88. The number of hydrogen-bond acceptors (Lipinski definition) is 5. The van der Waals surface area contributed by atoms with Crippen LogP contribution < -0.4 is 0 Å². The van der Waals surface area contributed by atoms with E-state index in [1.807, 2.05) is 0 Å². The average molecular weight is 249 g/mol. The number of ether oxygens (including phenoxy) is 1. The molecule has 0 fully saturated rings. The first-order valence-electron chi connectivity index (χ1n) is 5.00. The predicted octanol–water partition coefficient (Wildman–Crippen LogP) is 1.90. The minimum absolute atomic E-state index is 0.109. The van der Waals surface area contributed by atoms with Gasteiger partial charge in [-0.25, -0.2) is 4.79 Å². The molecule has 0 N–H and O–H groups in total. The maximum atomic E-state index is 11.5. The van der Waals surface area contributed by atoms with Crippen LogP contribution in [0.4, 0.5) is 5.69 Å². The maximum Gasteiger partial charge on any atom is 0.338 e. The molecule has 0 aliphatic carbocycles. The van der Waals surface area contributed by atoms with E-state index in [4.69, 9.17) is 0 Å². The Kier molecular flexibility index (Phi) is 4.31. The van der Waals surface area contributed by atoms with E-state index in [0.29, 0.717) is 11.8 Å². The van der Waals surface area contributed by atoms with Crippen molar-refractivity contribution in [2.45, 2.75) is 6.92 Å². The zero-order chi connectivity index (χ0) is 13.7. The maximum absolute atomic E-state index is 11.5. The first-order chi connectivity index (χ1) is 8.51. The lowest BCUT2D eigenvalue weighted by atomic mass is 10.0. The fourth-order valence-electron chi connectivity index (χ4n) is 1.48. The summed E-state index contributed by atoms with van der Waals surface area (Å²) in [5, 5.41) is 10.9. The highest BCUT2D eigenvalue weighted by atomic mass is 16.6. The van der Waals surface area contributed by atoms with Gasteiger partial charge in [0.15, 0.2) is 0 Å². The highest BCUT2D eigenvalue weighted by molar-refractivity contribution is 5.93. The van der Waals surface area contributed by atoms with Gasteiger partial charge < -0.3 is 4.74 Å². The molecule has 1 aromatic rings. The van der Waals surface area contributed by atoms with Crippen molar-refractivity contribution >= 4 is 24.0 Å². The summed E-state index contributed by atoms with van der Waals surface area (Å²) >= 11 is 0. The van der Waals surface area contributed by atoms with E-state index >= 15 is 0 Å². The van der Waals surface area contributed by atoms with Gasteiger partial charge in [-0.3, -0.25) is 14.9 Å². The molecular formula is C12H11NO5. The minimum atomic E-state index is -0.656. The minimum Gasteiger partial charge on any atom is -0.465 e. The van der Waals surface area contributed by atoms with Crippen molar-refractivity contribution in [2.75, 3.05) is 7.11 Å². The van der Waals surface area contributed by atoms with Gasteiger partial charge in [-0.15, -0.1) is 0 Å². The normalized spacial score (nSPS) is 10.3. The summed E-state index contributed by atoms with van der Waals surface area (Å²) in [6, 6.07) is 2.73. The fraction of sp³-hybridized carbons (Fsp3) is 0.167. The van der Waals surface area contributed by atoms with E-state index in [-0.39, 0.29) is 16.8 Å². The van der Waals surface area contributed by atoms with Crippen molar-refractivity contribution < 1.29 is 19.2 Å². The average Bonchev–Trinajstić information content (AvgIpc) is 2.36. The van der Waals surface area contributed by atoms with Gasteiger partial charge >= 0.3 is 5.97 Å². The monoisotopic (exact) mass is 249 g/mol. The number of nitrogens with zero attached hydrogens (tertiary/aromatic N) is 1. The van der Waals surface area contributed by atoms with Crippen LogP contribution in [0.1, 0.15) is 21.5 Å². The summed E-state index contributed by atoms with van der Waals surface area (Å²) in [6.45, 7) is 1.47. The number of rotatable bonds is 4. The van der Waals surface area contributed by atoms with Gasteiger partial charge in [0.1, 0.15) is 6.29 Å². The lowest BCUT2D eigenvalue weighted by Crippen LogP contribution is -2.06. The Morgan fingerprint density at radius 1 is 1.44 bits per heavy atom. The number of nitro benzene ring substituents is 1. The van der Waals surface area contributed by atoms with Crippen LogP contribution in [0.5, 0.6) is 0 Å². The smallest absolute Gasteiger partial charge is 0.338 e. The van der Waals surface area contributed by atoms with Crippen LogP contribution in [0.3, 0.4) is 0 Å². The van der Waals surface area contributed by atoms with Gasteiger partial charge in [0, 0.05) is 11.6 Å². The SMILES string of the molecule is COC(=O)c1cc(C=CC=O)cc([N+](=O)[O-])c1C. The third-order valence-electron chi connectivity index (χ3n) is 2.37. The van der Waals surface area contributed by atoms with Gasteiger partial charge in [-0.05, 0) is 24.6 Å². The molecular weight excluding hydrogens is 238 g/mol. The van der Waals surface area contributed by atoms with E-state index in [0.717, 1.165) is 0 Å². The highest BCUT2D eigenvalue weighted by Crippen LogP contribution is 2.25. The second-order valence-electron chi connectivity index (χ2n) is 3.46. The van der Waals surface area contributed by atoms with Crippen molar-refractivity contribution in [2.24, 2.45) is 0 Å². The summed E-state index contributed by atoms with van der Waals surface area (Å²) in [4.78, 5) is 32.0. The number of carbonyl (C=O) groups excluding carboxylic acids is 2. The van der Waals surface area contributed by atoms with E-state index < -0.39 is 10.9 Å². The summed E-state index contributed by atoms with van der Waals surface area (Å²) in [5.74, 6) is -0.656. The second-order valence-corrected chi connectivity index (χ2v) is 3.46. The molecule has 0 saturated heterocycles. The first kappa shape index (κ1) is 13.6. The van der Waals surface area contributed by atoms with Gasteiger partial charge in [0.05, 0.1) is 17.6 Å². The molecule has 0 amide bonds. The van der Waals surface area contributed by atoms with Crippen molar-refractivity contribution in [3.05, 3.63) is 45.0 Å². The van der Waals surface area contributed by atoms with Crippen molar-refractivity contribution in [3.8, 4) is 0 Å². The topological polar surface area (TPSA) is 86.5 Å². The molecule has 1 rings (SSSR count). The lowest BCUT2D eigenvalue weighted by Gasteiger charge is -2.06. The molecule has 0 unspecified atom stereocenters. The Balaban J connectivity index is 3.45. The molecule has 94 valence electrons. The number of aldehydes is 1. The number of methoxy groups -OCH3 is 1.